The minimum atomic E-state index is 0.847. The third-order valence-electron chi connectivity index (χ3n) is 6.17. The van der Waals surface area contributed by atoms with Crippen molar-refractivity contribution in [1.29, 1.82) is 0 Å². The lowest BCUT2D eigenvalue weighted by molar-refractivity contribution is 0.236. The van der Waals surface area contributed by atoms with E-state index in [1.165, 1.54) is 12.0 Å². The standard InChI is InChI=1S/C27H29N3O2/c1-31-27-8-3-2-7-25(27)22-9-10-26-23(16-22)17-24(32-26)20-30-13-5-12-29(14-15-30)19-21-6-4-11-28-18-21/h2-4,6-11,16-18H,5,12-15,19-20H2,1H3. The maximum absolute atomic E-state index is 6.19. The van der Waals surface area contributed by atoms with E-state index in [2.05, 4.69) is 51.2 Å². The van der Waals surface area contributed by atoms with Crippen LogP contribution in [0.1, 0.15) is 17.7 Å². The summed E-state index contributed by atoms with van der Waals surface area (Å²) in [6.45, 7) is 6.13. The van der Waals surface area contributed by atoms with Gasteiger partial charge in [0.15, 0.2) is 0 Å². The normalized spacial score (nSPS) is 15.7. The summed E-state index contributed by atoms with van der Waals surface area (Å²) in [6.07, 6.45) is 4.97. The first-order chi connectivity index (χ1) is 15.8. The van der Waals surface area contributed by atoms with E-state index < -0.39 is 0 Å². The summed E-state index contributed by atoms with van der Waals surface area (Å²) in [4.78, 5) is 9.27. The van der Waals surface area contributed by atoms with Crippen LogP contribution in [0.3, 0.4) is 0 Å². The van der Waals surface area contributed by atoms with Gasteiger partial charge in [0.2, 0.25) is 0 Å². The Balaban J connectivity index is 1.26. The molecule has 32 heavy (non-hydrogen) atoms. The van der Waals surface area contributed by atoms with Crippen LogP contribution in [-0.4, -0.2) is 48.1 Å². The topological polar surface area (TPSA) is 41.7 Å². The molecule has 0 atom stereocenters. The summed E-state index contributed by atoms with van der Waals surface area (Å²) in [5.41, 5.74) is 4.46. The minimum Gasteiger partial charge on any atom is -0.496 e. The molecular weight excluding hydrogens is 398 g/mol. The van der Waals surface area contributed by atoms with Gasteiger partial charge >= 0.3 is 0 Å². The van der Waals surface area contributed by atoms with Crippen LogP contribution in [-0.2, 0) is 13.1 Å². The predicted molar refractivity (Wildman–Crippen MR) is 128 cm³/mol. The fourth-order valence-electron chi connectivity index (χ4n) is 4.54. The molecule has 0 spiro atoms. The molecule has 1 aliphatic heterocycles. The zero-order chi connectivity index (χ0) is 21.8. The summed E-state index contributed by atoms with van der Waals surface area (Å²) < 4.78 is 11.7. The van der Waals surface area contributed by atoms with Gasteiger partial charge in [-0.3, -0.25) is 14.8 Å². The molecule has 0 N–H and O–H groups in total. The van der Waals surface area contributed by atoms with E-state index in [4.69, 9.17) is 9.15 Å². The molecule has 5 rings (SSSR count). The van der Waals surface area contributed by atoms with Crippen LogP contribution in [0.25, 0.3) is 22.1 Å². The molecule has 164 valence electrons. The summed E-state index contributed by atoms with van der Waals surface area (Å²) in [5, 5.41) is 1.14. The monoisotopic (exact) mass is 427 g/mol. The van der Waals surface area contributed by atoms with Crippen LogP contribution >= 0.6 is 0 Å². The minimum absolute atomic E-state index is 0.847. The molecule has 5 nitrogen and oxygen atoms in total. The van der Waals surface area contributed by atoms with Gasteiger partial charge in [-0.15, -0.1) is 0 Å². The average molecular weight is 428 g/mol. The van der Waals surface area contributed by atoms with Crippen LogP contribution in [0.15, 0.2) is 77.5 Å². The van der Waals surface area contributed by atoms with E-state index in [0.29, 0.717) is 0 Å². The van der Waals surface area contributed by atoms with E-state index in [9.17, 15) is 0 Å². The number of pyridine rings is 1. The maximum atomic E-state index is 6.19. The molecule has 0 saturated carbocycles. The molecule has 4 aromatic rings. The number of hydrogen-bond acceptors (Lipinski definition) is 5. The fraction of sp³-hybridized carbons (Fsp3) is 0.296. The molecule has 0 aliphatic carbocycles. The van der Waals surface area contributed by atoms with E-state index in [0.717, 1.165) is 72.9 Å². The van der Waals surface area contributed by atoms with Crippen LogP contribution < -0.4 is 4.74 Å². The van der Waals surface area contributed by atoms with Crippen LogP contribution in [0.4, 0.5) is 0 Å². The molecule has 0 bridgehead atoms. The van der Waals surface area contributed by atoms with Gasteiger partial charge in [0.05, 0.1) is 13.7 Å². The molecule has 2 aromatic carbocycles. The lowest BCUT2D eigenvalue weighted by atomic mass is 10.0. The summed E-state index contributed by atoms with van der Waals surface area (Å²) in [6, 6.07) is 20.9. The van der Waals surface area contributed by atoms with E-state index in [-0.39, 0.29) is 0 Å². The lowest BCUT2D eigenvalue weighted by Gasteiger charge is -2.21. The molecular formula is C27H29N3O2. The van der Waals surface area contributed by atoms with Crippen molar-refractivity contribution < 1.29 is 9.15 Å². The number of benzene rings is 2. The number of aromatic nitrogens is 1. The van der Waals surface area contributed by atoms with Crippen LogP contribution in [0.5, 0.6) is 5.75 Å². The predicted octanol–water partition coefficient (Wildman–Crippen LogP) is 5.21. The van der Waals surface area contributed by atoms with Crippen molar-refractivity contribution in [3.8, 4) is 16.9 Å². The number of nitrogens with zero attached hydrogens (tertiary/aromatic N) is 3. The van der Waals surface area contributed by atoms with Gasteiger partial charge in [0, 0.05) is 43.0 Å². The molecule has 1 aliphatic rings. The second kappa shape index (κ2) is 9.55. The van der Waals surface area contributed by atoms with Gasteiger partial charge < -0.3 is 9.15 Å². The van der Waals surface area contributed by atoms with Crippen molar-refractivity contribution in [2.24, 2.45) is 0 Å². The van der Waals surface area contributed by atoms with Gasteiger partial charge in [-0.05, 0) is 61.0 Å². The van der Waals surface area contributed by atoms with Crippen molar-refractivity contribution in [2.75, 3.05) is 33.3 Å². The molecule has 3 heterocycles. The number of para-hydroxylation sites is 1. The zero-order valence-electron chi connectivity index (χ0n) is 18.5. The molecule has 1 saturated heterocycles. The van der Waals surface area contributed by atoms with Crippen molar-refractivity contribution in [1.82, 2.24) is 14.8 Å². The van der Waals surface area contributed by atoms with Gasteiger partial charge in [-0.25, -0.2) is 0 Å². The van der Waals surface area contributed by atoms with Gasteiger partial charge in [-0.2, -0.15) is 0 Å². The molecule has 1 fully saturated rings. The van der Waals surface area contributed by atoms with E-state index in [1.54, 1.807) is 7.11 Å². The summed E-state index contributed by atoms with van der Waals surface area (Å²) in [5.74, 6) is 1.91. The molecule has 2 aromatic heterocycles. The smallest absolute Gasteiger partial charge is 0.134 e. The van der Waals surface area contributed by atoms with E-state index in [1.807, 2.05) is 36.7 Å². The van der Waals surface area contributed by atoms with Gasteiger partial charge in [-0.1, -0.05) is 30.3 Å². The average Bonchev–Trinajstić information content (AvgIpc) is 3.11. The second-order valence-corrected chi connectivity index (χ2v) is 8.43. The van der Waals surface area contributed by atoms with Crippen molar-refractivity contribution in [2.45, 2.75) is 19.5 Å². The highest BCUT2D eigenvalue weighted by Gasteiger charge is 2.17. The maximum Gasteiger partial charge on any atom is 0.134 e. The summed E-state index contributed by atoms with van der Waals surface area (Å²) in [7, 11) is 1.71. The third-order valence-corrected chi connectivity index (χ3v) is 6.17. The molecule has 0 amide bonds. The molecule has 5 heteroatoms. The number of rotatable bonds is 6. The van der Waals surface area contributed by atoms with Crippen LogP contribution in [0, 0.1) is 0 Å². The number of fused-ring (bicyclic) bond motifs is 1. The Morgan fingerprint density at radius 1 is 0.906 bits per heavy atom. The summed E-state index contributed by atoms with van der Waals surface area (Å²) >= 11 is 0. The SMILES string of the molecule is COc1ccccc1-c1ccc2oc(CN3CCCN(Cc4cccnc4)CC3)cc2c1. The Hall–Kier alpha value is -3.15. The van der Waals surface area contributed by atoms with Crippen LogP contribution in [0.2, 0.25) is 0 Å². The highest BCUT2D eigenvalue weighted by Crippen LogP contribution is 2.32. The van der Waals surface area contributed by atoms with Crippen molar-refractivity contribution in [3.63, 3.8) is 0 Å². The highest BCUT2D eigenvalue weighted by molar-refractivity contribution is 5.85. The van der Waals surface area contributed by atoms with Gasteiger partial charge in [0.25, 0.3) is 0 Å². The first-order valence-electron chi connectivity index (χ1n) is 11.3. The Labute approximate surface area is 189 Å². The Morgan fingerprint density at radius 3 is 2.56 bits per heavy atom. The van der Waals surface area contributed by atoms with Gasteiger partial charge in [0.1, 0.15) is 17.1 Å². The number of methoxy groups -OCH3 is 1. The third kappa shape index (κ3) is 4.69. The number of hydrogen-bond donors (Lipinski definition) is 0. The van der Waals surface area contributed by atoms with Crippen molar-refractivity contribution >= 4 is 11.0 Å². The second-order valence-electron chi connectivity index (χ2n) is 8.43. The highest BCUT2D eigenvalue weighted by atomic mass is 16.5. The fourth-order valence-corrected chi connectivity index (χ4v) is 4.54. The number of ether oxygens (including phenoxy) is 1. The van der Waals surface area contributed by atoms with Crippen molar-refractivity contribution in [3.05, 3.63) is 84.4 Å². The molecule has 0 unspecified atom stereocenters. The Morgan fingerprint density at radius 2 is 1.75 bits per heavy atom. The zero-order valence-corrected chi connectivity index (χ0v) is 18.5. The Bertz CT molecular complexity index is 1170. The largest absolute Gasteiger partial charge is 0.496 e. The first kappa shape index (κ1) is 20.7. The first-order valence-corrected chi connectivity index (χ1v) is 11.3. The quantitative estimate of drug-likeness (QED) is 0.422. The Kier molecular flexibility index (Phi) is 6.19. The molecule has 0 radical (unpaired) electrons. The number of furan rings is 1. The van der Waals surface area contributed by atoms with E-state index >= 15 is 0 Å². The lowest BCUT2D eigenvalue weighted by Crippen LogP contribution is -2.30.